The number of aromatic nitrogens is 4. The topological polar surface area (TPSA) is 94.1 Å². The lowest BCUT2D eigenvalue weighted by atomic mass is 10.0. The molecule has 1 unspecified atom stereocenters. The number of nitrogen functional groups attached to an aromatic ring is 1. The van der Waals surface area contributed by atoms with E-state index in [1.165, 1.54) is 6.33 Å². The third-order valence-electron chi connectivity index (χ3n) is 6.63. The van der Waals surface area contributed by atoms with Gasteiger partial charge in [-0.2, -0.15) is 5.10 Å². The number of alkyl halides is 1. The monoisotopic (exact) mass is 491 g/mol. The van der Waals surface area contributed by atoms with Crippen molar-refractivity contribution in [2.75, 3.05) is 31.4 Å². The van der Waals surface area contributed by atoms with Gasteiger partial charge in [0.25, 0.3) is 0 Å². The van der Waals surface area contributed by atoms with Crippen LogP contribution in [0.5, 0.6) is 11.5 Å². The maximum Gasteiger partial charge on any atom is 0.164 e. The lowest BCUT2D eigenvalue weighted by Gasteiger charge is -2.36. The minimum Gasteiger partial charge on any atom is -0.457 e. The number of para-hydroxylation sites is 1. The van der Waals surface area contributed by atoms with Crippen LogP contribution in [-0.2, 0) is 0 Å². The van der Waals surface area contributed by atoms with Crippen LogP contribution >= 0.6 is 11.6 Å². The fourth-order valence-electron chi connectivity index (χ4n) is 4.72. The summed E-state index contributed by atoms with van der Waals surface area (Å²) >= 11 is 5.78. The highest BCUT2D eigenvalue weighted by Gasteiger charge is 2.27. The third kappa shape index (κ3) is 5.10. The summed E-state index contributed by atoms with van der Waals surface area (Å²) in [6, 6.07) is 18.8. The largest absolute Gasteiger partial charge is 0.457 e. The van der Waals surface area contributed by atoms with Gasteiger partial charge in [0.1, 0.15) is 29.3 Å². The Morgan fingerprint density at radius 2 is 1.77 bits per heavy atom. The van der Waals surface area contributed by atoms with Crippen LogP contribution in [-0.4, -0.2) is 56.3 Å². The molecule has 2 aromatic carbocycles. The normalized spacial score (nSPS) is 15.9. The molecule has 35 heavy (non-hydrogen) atoms. The third-order valence-corrected chi connectivity index (χ3v) is 6.82. The summed E-state index contributed by atoms with van der Waals surface area (Å²) in [5, 5.41) is 9.04. The minimum atomic E-state index is 0.255. The van der Waals surface area contributed by atoms with Gasteiger partial charge in [-0.1, -0.05) is 18.2 Å². The number of rotatable bonds is 8. The molecule has 3 heterocycles. The SMILES string of the molecule is CC(CNCCl)N1CCC(n2nc(-c3ccc(Oc4ccccc4)cc3)c3c(N)ncnc32)CC1. The molecule has 0 saturated carbocycles. The smallest absolute Gasteiger partial charge is 0.164 e. The number of benzene rings is 2. The number of nitrogens with two attached hydrogens (primary N) is 1. The summed E-state index contributed by atoms with van der Waals surface area (Å²) in [6.45, 7) is 5.12. The van der Waals surface area contributed by atoms with Crippen molar-refractivity contribution in [2.45, 2.75) is 31.8 Å². The quantitative estimate of drug-likeness (QED) is 0.273. The van der Waals surface area contributed by atoms with Crippen LogP contribution in [0.4, 0.5) is 5.82 Å². The van der Waals surface area contributed by atoms with Gasteiger partial charge < -0.3 is 15.8 Å². The number of likely N-dealkylation sites (tertiary alicyclic amines) is 1. The van der Waals surface area contributed by atoms with Gasteiger partial charge in [-0.05, 0) is 56.2 Å². The van der Waals surface area contributed by atoms with E-state index in [9.17, 15) is 0 Å². The Balaban J connectivity index is 1.39. The van der Waals surface area contributed by atoms with Crippen LogP contribution in [0.2, 0.25) is 0 Å². The molecule has 0 radical (unpaired) electrons. The fourth-order valence-corrected chi connectivity index (χ4v) is 4.83. The van der Waals surface area contributed by atoms with Gasteiger partial charge >= 0.3 is 0 Å². The number of halogens is 1. The Hall–Kier alpha value is -3.20. The van der Waals surface area contributed by atoms with Gasteiger partial charge in [0, 0.05) is 31.2 Å². The molecule has 9 heteroatoms. The summed E-state index contributed by atoms with van der Waals surface area (Å²) in [4.78, 5) is 11.3. The van der Waals surface area contributed by atoms with Crippen molar-refractivity contribution < 1.29 is 4.74 Å². The van der Waals surface area contributed by atoms with E-state index in [2.05, 4.69) is 31.8 Å². The second-order valence-corrected chi connectivity index (χ2v) is 9.16. The van der Waals surface area contributed by atoms with Gasteiger partial charge in [0.05, 0.1) is 17.4 Å². The molecule has 8 nitrogen and oxygen atoms in total. The Labute approximate surface area is 210 Å². The first-order chi connectivity index (χ1) is 17.1. The predicted molar refractivity (Wildman–Crippen MR) is 140 cm³/mol. The van der Waals surface area contributed by atoms with E-state index in [0.29, 0.717) is 17.9 Å². The highest BCUT2D eigenvalue weighted by molar-refractivity contribution is 6.17. The highest BCUT2D eigenvalue weighted by Crippen LogP contribution is 2.35. The highest BCUT2D eigenvalue weighted by atomic mass is 35.5. The van der Waals surface area contributed by atoms with Crippen LogP contribution in [0.25, 0.3) is 22.3 Å². The summed E-state index contributed by atoms with van der Waals surface area (Å²) in [5.74, 6) is 2.00. The molecular formula is C26H30ClN7O. The lowest BCUT2D eigenvalue weighted by Crippen LogP contribution is -2.45. The molecule has 0 spiro atoms. The van der Waals surface area contributed by atoms with Crippen molar-refractivity contribution >= 4 is 28.5 Å². The number of anilines is 1. The maximum atomic E-state index is 6.32. The van der Waals surface area contributed by atoms with E-state index in [4.69, 9.17) is 27.2 Å². The number of piperidine rings is 1. The molecule has 4 aromatic rings. The van der Waals surface area contributed by atoms with Crippen LogP contribution in [0.15, 0.2) is 60.9 Å². The molecule has 0 bridgehead atoms. The molecule has 0 aliphatic carbocycles. The van der Waals surface area contributed by atoms with Gasteiger partial charge in [-0.15, -0.1) is 11.6 Å². The van der Waals surface area contributed by atoms with Crippen LogP contribution < -0.4 is 15.8 Å². The van der Waals surface area contributed by atoms with Crippen LogP contribution in [0, 0.1) is 0 Å². The van der Waals surface area contributed by atoms with Crippen LogP contribution in [0.3, 0.4) is 0 Å². The van der Waals surface area contributed by atoms with Crippen molar-refractivity contribution in [2.24, 2.45) is 0 Å². The molecule has 1 aliphatic heterocycles. The molecule has 1 aliphatic rings. The zero-order valence-electron chi connectivity index (χ0n) is 19.8. The van der Waals surface area contributed by atoms with Gasteiger partial charge in [-0.25, -0.2) is 14.6 Å². The van der Waals surface area contributed by atoms with Crippen molar-refractivity contribution in [3.8, 4) is 22.8 Å². The van der Waals surface area contributed by atoms with E-state index < -0.39 is 0 Å². The second-order valence-electron chi connectivity index (χ2n) is 8.89. The lowest BCUT2D eigenvalue weighted by molar-refractivity contribution is 0.139. The summed E-state index contributed by atoms with van der Waals surface area (Å²) in [5.41, 5.74) is 8.86. The van der Waals surface area contributed by atoms with Gasteiger partial charge in [-0.3, -0.25) is 4.90 Å². The summed E-state index contributed by atoms with van der Waals surface area (Å²) in [7, 11) is 0. The average molecular weight is 492 g/mol. The average Bonchev–Trinajstić information content (AvgIpc) is 3.29. The van der Waals surface area contributed by atoms with Gasteiger partial charge in [0.15, 0.2) is 5.65 Å². The number of ether oxygens (including phenoxy) is 1. The van der Waals surface area contributed by atoms with E-state index in [0.717, 1.165) is 66.3 Å². The molecule has 2 aromatic heterocycles. The Morgan fingerprint density at radius 3 is 2.49 bits per heavy atom. The first kappa shape index (κ1) is 23.5. The standard InChI is InChI=1S/C26H30ClN7O/c1-18(15-29-16-27)33-13-11-20(12-14-33)34-26-23(25(28)30-17-31-26)24(32-34)19-7-9-22(10-8-19)35-21-5-3-2-4-6-21/h2-10,17-18,20,29H,11-16H2,1H3,(H2,28,30,31). The summed E-state index contributed by atoms with van der Waals surface area (Å²) < 4.78 is 7.99. The van der Waals surface area contributed by atoms with Crippen molar-refractivity contribution in [1.29, 1.82) is 0 Å². The Kier molecular flexibility index (Phi) is 7.13. The molecule has 1 fully saturated rings. The fraction of sp³-hybridized carbons (Fsp3) is 0.346. The first-order valence-electron chi connectivity index (χ1n) is 12.0. The van der Waals surface area contributed by atoms with Crippen molar-refractivity contribution in [3.63, 3.8) is 0 Å². The first-order valence-corrected chi connectivity index (χ1v) is 12.5. The molecule has 3 N–H and O–H groups in total. The minimum absolute atomic E-state index is 0.255. The van der Waals surface area contributed by atoms with Crippen molar-refractivity contribution in [1.82, 2.24) is 30.0 Å². The molecule has 0 amide bonds. The number of hydrogen-bond donors (Lipinski definition) is 2. The van der Waals surface area contributed by atoms with E-state index in [-0.39, 0.29) is 6.04 Å². The number of fused-ring (bicyclic) bond motifs is 1. The predicted octanol–water partition coefficient (Wildman–Crippen LogP) is 4.68. The molecule has 1 saturated heterocycles. The molecule has 182 valence electrons. The van der Waals surface area contributed by atoms with Crippen LogP contribution in [0.1, 0.15) is 25.8 Å². The second kappa shape index (κ2) is 10.6. The van der Waals surface area contributed by atoms with E-state index in [1.807, 2.05) is 54.6 Å². The van der Waals surface area contributed by atoms with Gasteiger partial charge in [0.2, 0.25) is 0 Å². The summed E-state index contributed by atoms with van der Waals surface area (Å²) in [6.07, 6.45) is 3.51. The Morgan fingerprint density at radius 1 is 1.06 bits per heavy atom. The zero-order valence-corrected chi connectivity index (χ0v) is 20.5. The Bertz CT molecular complexity index is 1250. The van der Waals surface area contributed by atoms with Crippen molar-refractivity contribution in [3.05, 3.63) is 60.9 Å². The number of nitrogens with one attached hydrogen (secondary N) is 1. The zero-order chi connectivity index (χ0) is 24.2. The molecular weight excluding hydrogens is 462 g/mol. The molecule has 5 rings (SSSR count). The van der Waals surface area contributed by atoms with E-state index >= 15 is 0 Å². The maximum absolute atomic E-state index is 6.32. The number of hydrogen-bond acceptors (Lipinski definition) is 7. The molecule has 1 atom stereocenters. The van der Waals surface area contributed by atoms with E-state index in [1.54, 1.807) is 0 Å². The number of nitrogens with zero attached hydrogens (tertiary/aromatic N) is 5.